The summed E-state index contributed by atoms with van der Waals surface area (Å²) in [5.41, 5.74) is 1.95. The van der Waals surface area contributed by atoms with Crippen molar-refractivity contribution in [2.45, 2.75) is 25.8 Å². The number of imidazole rings is 1. The normalized spacial score (nSPS) is 18.6. The van der Waals surface area contributed by atoms with Crippen LogP contribution >= 0.6 is 0 Å². The lowest BCUT2D eigenvalue weighted by atomic mass is 10.3. The number of fused-ring (bicyclic) bond motifs is 3. The van der Waals surface area contributed by atoms with Crippen molar-refractivity contribution in [3.05, 3.63) is 24.3 Å². The Kier molecular flexibility index (Phi) is 2.12. The zero-order valence-corrected chi connectivity index (χ0v) is 10.2. The molecule has 2 aromatic rings. The molecule has 0 atom stereocenters. The van der Waals surface area contributed by atoms with Crippen LogP contribution in [0, 0.1) is 0 Å². The van der Waals surface area contributed by atoms with Gasteiger partial charge in [0.25, 0.3) is 0 Å². The first-order valence-corrected chi connectivity index (χ1v) is 6.53. The molecule has 4 heterocycles. The van der Waals surface area contributed by atoms with Gasteiger partial charge in [-0.2, -0.15) is 0 Å². The first kappa shape index (κ1) is 10.1. The molecule has 18 heavy (non-hydrogen) atoms. The molecule has 0 aliphatic carbocycles. The van der Waals surface area contributed by atoms with E-state index in [0.29, 0.717) is 0 Å². The van der Waals surface area contributed by atoms with Crippen LogP contribution in [0.15, 0.2) is 18.5 Å². The zero-order valence-electron chi connectivity index (χ0n) is 10.2. The highest BCUT2D eigenvalue weighted by Crippen LogP contribution is 2.27. The van der Waals surface area contributed by atoms with E-state index in [1.54, 1.807) is 6.33 Å². The van der Waals surface area contributed by atoms with Gasteiger partial charge in [0.1, 0.15) is 12.2 Å². The van der Waals surface area contributed by atoms with Gasteiger partial charge < -0.3 is 9.47 Å². The third kappa shape index (κ3) is 1.36. The fourth-order valence-electron chi connectivity index (χ4n) is 2.85. The van der Waals surface area contributed by atoms with Crippen LogP contribution in [-0.4, -0.2) is 32.6 Å². The highest BCUT2D eigenvalue weighted by atomic mass is 15.2. The van der Waals surface area contributed by atoms with Gasteiger partial charge in [0.05, 0.1) is 0 Å². The molecule has 5 heteroatoms. The van der Waals surface area contributed by atoms with Crippen LogP contribution in [0.25, 0.3) is 11.2 Å². The second kappa shape index (κ2) is 3.80. The number of hydrogen-bond acceptors (Lipinski definition) is 4. The van der Waals surface area contributed by atoms with Gasteiger partial charge in [-0.05, 0) is 12.8 Å². The number of hydrogen-bond donors (Lipinski definition) is 0. The molecule has 1 saturated heterocycles. The molecule has 92 valence electrons. The SMILES string of the molecule is C1=CCn2c(nc3c(N4CCCC4)ncnc32)C1. The largest absolute Gasteiger partial charge is 0.355 e. The van der Waals surface area contributed by atoms with Crippen molar-refractivity contribution >= 4 is 17.0 Å². The predicted molar refractivity (Wildman–Crippen MR) is 69.6 cm³/mol. The van der Waals surface area contributed by atoms with Gasteiger partial charge >= 0.3 is 0 Å². The highest BCUT2D eigenvalue weighted by Gasteiger charge is 2.21. The van der Waals surface area contributed by atoms with Gasteiger partial charge in [0, 0.05) is 26.1 Å². The second-order valence-electron chi connectivity index (χ2n) is 4.88. The number of aromatic nitrogens is 4. The van der Waals surface area contributed by atoms with Gasteiger partial charge in [-0.25, -0.2) is 15.0 Å². The number of anilines is 1. The lowest BCUT2D eigenvalue weighted by molar-refractivity contribution is 0.750. The average molecular weight is 241 g/mol. The van der Waals surface area contributed by atoms with Crippen molar-refractivity contribution in [3.63, 3.8) is 0 Å². The molecule has 4 rings (SSSR count). The summed E-state index contributed by atoms with van der Waals surface area (Å²) in [6.07, 6.45) is 9.41. The maximum absolute atomic E-state index is 4.74. The van der Waals surface area contributed by atoms with Gasteiger partial charge in [0.2, 0.25) is 0 Å². The topological polar surface area (TPSA) is 46.8 Å². The Morgan fingerprint density at radius 1 is 1.06 bits per heavy atom. The molecule has 1 fully saturated rings. The standard InChI is InChI=1S/C13H15N5/c1-2-8-18-10(5-1)16-11-12(14-9-15-13(11)18)17-6-3-4-7-17/h1-2,9H,3-8H2. The second-order valence-corrected chi connectivity index (χ2v) is 4.88. The van der Waals surface area contributed by atoms with E-state index in [4.69, 9.17) is 4.98 Å². The van der Waals surface area contributed by atoms with Crippen LogP contribution < -0.4 is 4.90 Å². The molecule has 2 aromatic heterocycles. The Bertz CT molecular complexity index is 622. The molecule has 0 aromatic carbocycles. The summed E-state index contributed by atoms with van der Waals surface area (Å²) >= 11 is 0. The first-order chi connectivity index (χ1) is 8.93. The fraction of sp³-hybridized carbons (Fsp3) is 0.462. The van der Waals surface area contributed by atoms with Crippen molar-refractivity contribution < 1.29 is 0 Å². The monoisotopic (exact) mass is 241 g/mol. The predicted octanol–water partition coefficient (Wildman–Crippen LogP) is 1.54. The van der Waals surface area contributed by atoms with Crippen molar-refractivity contribution in [2.24, 2.45) is 0 Å². The Balaban J connectivity index is 1.91. The summed E-state index contributed by atoms with van der Waals surface area (Å²) in [6.45, 7) is 3.06. The number of nitrogens with zero attached hydrogens (tertiary/aromatic N) is 5. The Morgan fingerprint density at radius 2 is 1.94 bits per heavy atom. The smallest absolute Gasteiger partial charge is 0.165 e. The first-order valence-electron chi connectivity index (χ1n) is 6.53. The molecule has 0 bridgehead atoms. The molecule has 5 nitrogen and oxygen atoms in total. The maximum Gasteiger partial charge on any atom is 0.165 e. The van der Waals surface area contributed by atoms with Crippen molar-refractivity contribution in [1.82, 2.24) is 19.5 Å². The van der Waals surface area contributed by atoms with E-state index in [-0.39, 0.29) is 0 Å². The Morgan fingerprint density at radius 3 is 2.83 bits per heavy atom. The highest BCUT2D eigenvalue weighted by molar-refractivity contribution is 5.84. The number of allylic oxidation sites excluding steroid dienone is 2. The minimum absolute atomic E-state index is 0.877. The van der Waals surface area contributed by atoms with Crippen LogP contribution in [0.3, 0.4) is 0 Å². The number of rotatable bonds is 1. The summed E-state index contributed by atoms with van der Waals surface area (Å²) in [4.78, 5) is 15.9. The molecule has 0 saturated carbocycles. The molecule has 2 aliphatic rings. The van der Waals surface area contributed by atoms with E-state index in [1.807, 2.05) is 0 Å². The van der Waals surface area contributed by atoms with Gasteiger partial charge in [-0.3, -0.25) is 0 Å². The van der Waals surface area contributed by atoms with Crippen LogP contribution in [0.4, 0.5) is 5.82 Å². The van der Waals surface area contributed by atoms with E-state index in [0.717, 1.165) is 48.9 Å². The lowest BCUT2D eigenvalue weighted by Crippen LogP contribution is -2.19. The van der Waals surface area contributed by atoms with E-state index in [2.05, 4.69) is 31.6 Å². The van der Waals surface area contributed by atoms with E-state index in [9.17, 15) is 0 Å². The summed E-state index contributed by atoms with van der Waals surface area (Å²) in [5.74, 6) is 2.12. The third-order valence-electron chi connectivity index (χ3n) is 3.75. The van der Waals surface area contributed by atoms with Gasteiger partial charge in [-0.1, -0.05) is 12.2 Å². The maximum atomic E-state index is 4.74. The molecule has 0 amide bonds. The third-order valence-corrected chi connectivity index (χ3v) is 3.75. The minimum Gasteiger partial charge on any atom is -0.355 e. The van der Waals surface area contributed by atoms with Crippen LogP contribution in [-0.2, 0) is 13.0 Å². The lowest BCUT2D eigenvalue weighted by Gasteiger charge is -2.15. The van der Waals surface area contributed by atoms with Crippen molar-refractivity contribution in [1.29, 1.82) is 0 Å². The van der Waals surface area contributed by atoms with Crippen LogP contribution in [0.2, 0.25) is 0 Å². The van der Waals surface area contributed by atoms with Crippen molar-refractivity contribution in [2.75, 3.05) is 18.0 Å². The summed E-state index contributed by atoms with van der Waals surface area (Å²) in [7, 11) is 0. The molecule has 2 aliphatic heterocycles. The minimum atomic E-state index is 0.877. The fourth-order valence-corrected chi connectivity index (χ4v) is 2.85. The molecular formula is C13H15N5. The van der Waals surface area contributed by atoms with Crippen LogP contribution in [0.5, 0.6) is 0 Å². The molecule has 0 radical (unpaired) electrons. The van der Waals surface area contributed by atoms with E-state index < -0.39 is 0 Å². The van der Waals surface area contributed by atoms with Gasteiger partial charge in [0.15, 0.2) is 17.0 Å². The summed E-state index contributed by atoms with van der Waals surface area (Å²) in [5, 5.41) is 0. The Labute approximate surface area is 105 Å². The molecule has 0 spiro atoms. The molecule has 0 N–H and O–H groups in total. The summed E-state index contributed by atoms with van der Waals surface area (Å²) in [6, 6.07) is 0. The molecule has 0 unspecified atom stereocenters. The van der Waals surface area contributed by atoms with E-state index >= 15 is 0 Å². The Hall–Kier alpha value is -1.91. The summed E-state index contributed by atoms with van der Waals surface area (Å²) < 4.78 is 2.19. The zero-order chi connectivity index (χ0) is 11.9. The molecular weight excluding hydrogens is 226 g/mol. The van der Waals surface area contributed by atoms with Gasteiger partial charge in [-0.15, -0.1) is 0 Å². The average Bonchev–Trinajstić information content (AvgIpc) is 3.05. The quantitative estimate of drug-likeness (QED) is 0.710. The van der Waals surface area contributed by atoms with E-state index in [1.165, 1.54) is 12.8 Å². The van der Waals surface area contributed by atoms with Crippen LogP contribution in [0.1, 0.15) is 18.7 Å². The van der Waals surface area contributed by atoms with Crippen molar-refractivity contribution in [3.8, 4) is 0 Å².